The van der Waals surface area contributed by atoms with E-state index in [2.05, 4.69) is 9.68 Å². The molecular weight excluding hydrogens is 228 g/mol. The average Bonchev–Trinajstić information content (AvgIpc) is 1.91. The summed E-state index contributed by atoms with van der Waals surface area (Å²) < 4.78 is 20.8. The molecule has 1 N–H and O–H groups in total. The van der Waals surface area contributed by atoms with Crippen LogP contribution in [0.3, 0.4) is 0 Å². The van der Waals surface area contributed by atoms with E-state index in [0.717, 1.165) is 13.1 Å². The van der Waals surface area contributed by atoms with E-state index in [4.69, 9.17) is 4.74 Å². The Labute approximate surface area is 96.1 Å². The third-order valence-corrected chi connectivity index (χ3v) is 5.31. The van der Waals surface area contributed by atoms with Crippen molar-refractivity contribution in [3.63, 3.8) is 0 Å². The van der Waals surface area contributed by atoms with E-state index in [0.29, 0.717) is 11.5 Å². The molecule has 2 saturated heterocycles. The lowest BCUT2D eigenvalue weighted by atomic mass is 9.85. The normalized spacial score (nSPS) is 25.4. The van der Waals surface area contributed by atoms with Crippen LogP contribution in [0.2, 0.25) is 0 Å². The smallest absolute Gasteiger partial charge is 0.442 e. The summed E-state index contributed by atoms with van der Waals surface area (Å²) in [4.78, 5) is 11.4. The van der Waals surface area contributed by atoms with Gasteiger partial charge in [0.25, 0.3) is 0 Å². The topological polar surface area (TPSA) is 67.8 Å². The fraction of sp³-hybridized carbons (Fsp3) is 0.900. The molecule has 0 atom stereocenters. The molecule has 2 aliphatic heterocycles. The van der Waals surface area contributed by atoms with Gasteiger partial charge in [0.2, 0.25) is 0 Å². The highest BCUT2D eigenvalue weighted by Gasteiger charge is 2.51. The van der Waals surface area contributed by atoms with Gasteiger partial charge in [-0.15, -0.1) is 4.36 Å². The van der Waals surface area contributed by atoms with Crippen molar-refractivity contribution >= 4 is 15.8 Å². The van der Waals surface area contributed by atoms with E-state index in [-0.39, 0.29) is 5.41 Å². The van der Waals surface area contributed by atoms with Crippen molar-refractivity contribution in [1.29, 1.82) is 0 Å². The van der Waals surface area contributed by atoms with Gasteiger partial charge in [-0.3, -0.25) is 0 Å². The summed E-state index contributed by atoms with van der Waals surface area (Å²) in [5.41, 5.74) is -0.418. The zero-order valence-electron chi connectivity index (χ0n) is 9.91. The molecule has 0 unspecified atom stereocenters. The van der Waals surface area contributed by atoms with E-state index in [1.807, 2.05) is 0 Å². The second-order valence-electron chi connectivity index (χ2n) is 5.74. The van der Waals surface area contributed by atoms with Gasteiger partial charge in [0.05, 0.1) is 9.73 Å². The Bertz CT molecular complexity index is 412. The second kappa shape index (κ2) is 3.43. The number of carbonyl (C=O) groups excluding carboxylic acids is 1. The zero-order chi connectivity index (χ0) is 12.0. The first-order valence-electron chi connectivity index (χ1n) is 5.38. The van der Waals surface area contributed by atoms with E-state index in [1.165, 1.54) is 0 Å². The molecule has 2 fully saturated rings. The third-order valence-electron chi connectivity index (χ3n) is 2.70. The van der Waals surface area contributed by atoms with Gasteiger partial charge in [-0.1, -0.05) is 0 Å². The van der Waals surface area contributed by atoms with Crippen LogP contribution in [-0.2, 0) is 14.5 Å². The van der Waals surface area contributed by atoms with E-state index in [9.17, 15) is 9.00 Å². The summed E-state index contributed by atoms with van der Waals surface area (Å²) in [5, 5.41) is 3.15. The highest BCUT2D eigenvalue weighted by molar-refractivity contribution is 7.95. The van der Waals surface area contributed by atoms with E-state index < -0.39 is 21.4 Å². The summed E-state index contributed by atoms with van der Waals surface area (Å²) >= 11 is 0. The lowest BCUT2D eigenvalue weighted by Gasteiger charge is -2.50. The fourth-order valence-corrected chi connectivity index (χ4v) is 4.75. The molecule has 5 nitrogen and oxygen atoms in total. The summed E-state index contributed by atoms with van der Waals surface area (Å²) in [5.74, 6) is 1.07. The minimum Gasteiger partial charge on any atom is -0.442 e. The number of nitrogens with zero attached hydrogens (tertiary/aromatic N) is 1. The van der Waals surface area contributed by atoms with Crippen molar-refractivity contribution in [3.05, 3.63) is 0 Å². The summed E-state index contributed by atoms with van der Waals surface area (Å²) in [6, 6.07) is 0. The number of amides is 1. The molecule has 2 aliphatic rings. The highest BCUT2D eigenvalue weighted by Crippen LogP contribution is 2.37. The number of hydrogen-bond donors (Lipinski definition) is 1. The van der Waals surface area contributed by atoms with Crippen LogP contribution in [0.4, 0.5) is 4.79 Å². The van der Waals surface area contributed by atoms with Gasteiger partial charge in [0.1, 0.15) is 5.60 Å². The monoisotopic (exact) mass is 246 g/mol. The SMILES string of the molecule is CC(C)(C)OC(=O)N=S1(=O)CC2(CNC2)C1. The van der Waals surface area contributed by atoms with Crippen LogP contribution >= 0.6 is 0 Å². The zero-order valence-corrected chi connectivity index (χ0v) is 10.7. The molecule has 0 aromatic heterocycles. The van der Waals surface area contributed by atoms with Crippen molar-refractivity contribution in [3.8, 4) is 0 Å². The second-order valence-corrected chi connectivity index (χ2v) is 8.04. The minimum atomic E-state index is -2.32. The Morgan fingerprint density at radius 3 is 2.31 bits per heavy atom. The number of rotatable bonds is 0. The molecule has 0 aromatic rings. The molecular formula is C10H18N2O3S. The molecule has 0 bridgehead atoms. The quantitative estimate of drug-likeness (QED) is 0.692. The van der Waals surface area contributed by atoms with Gasteiger partial charge < -0.3 is 10.1 Å². The van der Waals surface area contributed by atoms with Crippen LogP contribution in [0.1, 0.15) is 20.8 Å². The Morgan fingerprint density at radius 2 is 1.94 bits per heavy atom. The Balaban J connectivity index is 1.98. The van der Waals surface area contributed by atoms with Gasteiger partial charge in [0.15, 0.2) is 0 Å². The molecule has 0 aromatic carbocycles. The first kappa shape index (κ1) is 11.9. The van der Waals surface area contributed by atoms with Gasteiger partial charge in [0, 0.05) is 30.0 Å². The van der Waals surface area contributed by atoms with Crippen LogP contribution in [0.15, 0.2) is 4.36 Å². The van der Waals surface area contributed by atoms with Crippen LogP contribution in [0, 0.1) is 5.41 Å². The molecule has 6 heteroatoms. The molecule has 1 amide bonds. The maximum absolute atomic E-state index is 12.1. The predicted molar refractivity (Wildman–Crippen MR) is 61.8 cm³/mol. The minimum absolute atomic E-state index is 0.155. The fourth-order valence-electron chi connectivity index (χ4n) is 2.08. The van der Waals surface area contributed by atoms with Crippen molar-refractivity contribution in [1.82, 2.24) is 5.32 Å². The first-order chi connectivity index (χ1) is 7.22. The summed E-state index contributed by atoms with van der Waals surface area (Å²) in [7, 11) is -2.32. The summed E-state index contributed by atoms with van der Waals surface area (Å²) in [6.45, 7) is 7.10. The molecule has 2 rings (SSSR count). The Hall–Kier alpha value is -0.620. The van der Waals surface area contributed by atoms with Crippen molar-refractivity contribution in [2.75, 3.05) is 24.6 Å². The molecule has 0 aliphatic carbocycles. The molecule has 1 spiro atoms. The van der Waals surface area contributed by atoms with Crippen LogP contribution in [0.25, 0.3) is 0 Å². The van der Waals surface area contributed by atoms with Crippen LogP contribution < -0.4 is 5.32 Å². The molecule has 92 valence electrons. The highest BCUT2D eigenvalue weighted by atomic mass is 32.2. The molecule has 0 saturated carbocycles. The maximum Gasteiger partial charge on any atom is 0.442 e. The van der Waals surface area contributed by atoms with E-state index >= 15 is 0 Å². The number of ether oxygens (including phenoxy) is 1. The lowest BCUT2D eigenvalue weighted by molar-refractivity contribution is 0.0606. The van der Waals surface area contributed by atoms with Crippen molar-refractivity contribution < 1.29 is 13.7 Å². The number of carbonyl (C=O) groups is 1. The van der Waals surface area contributed by atoms with Gasteiger partial charge in [-0.2, -0.15) is 0 Å². The average molecular weight is 246 g/mol. The number of hydrogen-bond acceptors (Lipinski definition) is 4. The molecule has 16 heavy (non-hydrogen) atoms. The van der Waals surface area contributed by atoms with E-state index in [1.54, 1.807) is 20.8 Å². The number of nitrogens with one attached hydrogen (secondary N) is 1. The Morgan fingerprint density at radius 1 is 1.38 bits per heavy atom. The van der Waals surface area contributed by atoms with Gasteiger partial charge >= 0.3 is 6.09 Å². The van der Waals surface area contributed by atoms with Crippen LogP contribution in [0.5, 0.6) is 0 Å². The lowest BCUT2D eigenvalue weighted by Crippen LogP contribution is -2.66. The van der Waals surface area contributed by atoms with Crippen LogP contribution in [-0.4, -0.2) is 40.5 Å². The molecule has 0 radical (unpaired) electrons. The van der Waals surface area contributed by atoms with Crippen molar-refractivity contribution in [2.24, 2.45) is 9.78 Å². The van der Waals surface area contributed by atoms with Crippen molar-refractivity contribution in [2.45, 2.75) is 26.4 Å². The third kappa shape index (κ3) is 2.38. The predicted octanol–water partition coefficient (Wildman–Crippen LogP) is 0.993. The molecule has 2 heterocycles. The van der Waals surface area contributed by atoms with Gasteiger partial charge in [-0.05, 0) is 20.8 Å². The largest absolute Gasteiger partial charge is 0.442 e. The standard InChI is InChI=1S/C10H18N2O3S/c1-9(2,3)15-8(13)12-16(14)6-10(7-16)4-11-5-10/h11H,4-7H2,1-3H3. The Kier molecular flexibility index (Phi) is 2.54. The van der Waals surface area contributed by atoms with Gasteiger partial charge in [-0.25, -0.2) is 9.00 Å². The maximum atomic E-state index is 12.1. The first-order valence-corrected chi connectivity index (χ1v) is 7.24. The summed E-state index contributed by atoms with van der Waals surface area (Å²) in [6.07, 6.45) is -0.695.